The van der Waals surface area contributed by atoms with Crippen LogP contribution in [0.5, 0.6) is 0 Å². The molecule has 0 atom stereocenters. The van der Waals surface area contributed by atoms with Crippen molar-refractivity contribution in [3.05, 3.63) is 77.6 Å². The third-order valence-corrected chi connectivity index (χ3v) is 3.97. The molecular weight excluding hydrogens is 314 g/mol. The number of hydrogen-bond donors (Lipinski definition) is 2. The Labute approximate surface area is 146 Å². The minimum absolute atomic E-state index is 0.250. The first kappa shape index (κ1) is 16.5. The van der Waals surface area contributed by atoms with Gasteiger partial charge in [0.25, 0.3) is 5.91 Å². The zero-order valence-corrected chi connectivity index (χ0v) is 13.8. The third kappa shape index (κ3) is 4.36. The fraction of sp³-hybridized carbons (Fsp3) is 0.211. The highest BCUT2D eigenvalue weighted by molar-refractivity contribution is 5.92. The van der Waals surface area contributed by atoms with Crippen LogP contribution in [0.2, 0.25) is 0 Å². The van der Waals surface area contributed by atoms with Gasteiger partial charge in [0, 0.05) is 18.9 Å². The molecule has 0 fully saturated rings. The van der Waals surface area contributed by atoms with E-state index < -0.39 is 0 Å². The summed E-state index contributed by atoms with van der Waals surface area (Å²) in [4.78, 5) is 19.2. The van der Waals surface area contributed by atoms with Gasteiger partial charge in [-0.3, -0.25) is 4.79 Å². The lowest BCUT2D eigenvalue weighted by atomic mass is 10.1. The van der Waals surface area contributed by atoms with Crippen LogP contribution in [0.3, 0.4) is 0 Å². The van der Waals surface area contributed by atoms with Crippen LogP contribution in [0, 0.1) is 11.3 Å². The van der Waals surface area contributed by atoms with Crippen LogP contribution >= 0.6 is 0 Å². The maximum atomic E-state index is 12.1. The van der Waals surface area contributed by atoms with Gasteiger partial charge in [-0.05, 0) is 30.5 Å². The standard InChI is InChI=1S/C19H19N5O/c20-13-16-8-9-17(23-16)19(25)22-14-18-21-10-12-24(18)11-4-7-15-5-2-1-3-6-15/h1-3,5-6,8-10,12,23H,4,7,11,14H2,(H,22,25). The van der Waals surface area contributed by atoms with Gasteiger partial charge in [-0.1, -0.05) is 30.3 Å². The van der Waals surface area contributed by atoms with Crippen LogP contribution in [-0.4, -0.2) is 20.4 Å². The van der Waals surface area contributed by atoms with Crippen LogP contribution in [-0.2, 0) is 19.5 Å². The molecule has 0 saturated carbocycles. The molecule has 1 aromatic carbocycles. The van der Waals surface area contributed by atoms with Crippen LogP contribution in [0.25, 0.3) is 0 Å². The number of nitrogens with one attached hydrogen (secondary N) is 2. The van der Waals surface area contributed by atoms with E-state index in [0.29, 0.717) is 17.9 Å². The smallest absolute Gasteiger partial charge is 0.268 e. The summed E-state index contributed by atoms with van der Waals surface area (Å²) in [6, 6.07) is 15.5. The van der Waals surface area contributed by atoms with Crippen molar-refractivity contribution >= 4 is 5.91 Å². The summed E-state index contributed by atoms with van der Waals surface area (Å²) in [5.41, 5.74) is 2.06. The highest BCUT2D eigenvalue weighted by Crippen LogP contribution is 2.06. The number of amides is 1. The summed E-state index contributed by atoms with van der Waals surface area (Å²) >= 11 is 0. The molecular formula is C19H19N5O. The number of hydrogen-bond acceptors (Lipinski definition) is 3. The predicted octanol–water partition coefficient (Wildman–Crippen LogP) is 2.65. The molecule has 6 nitrogen and oxygen atoms in total. The number of aryl methyl sites for hydroxylation is 2. The summed E-state index contributed by atoms with van der Waals surface area (Å²) in [5, 5.41) is 11.6. The van der Waals surface area contributed by atoms with E-state index in [9.17, 15) is 4.79 Å². The molecule has 2 aromatic heterocycles. The average molecular weight is 333 g/mol. The van der Waals surface area contributed by atoms with E-state index in [2.05, 4.69) is 32.0 Å². The van der Waals surface area contributed by atoms with Crippen molar-refractivity contribution in [1.82, 2.24) is 19.9 Å². The topological polar surface area (TPSA) is 86.5 Å². The number of imidazole rings is 1. The largest absolute Gasteiger partial charge is 0.344 e. The van der Waals surface area contributed by atoms with Gasteiger partial charge in [0.1, 0.15) is 23.3 Å². The van der Waals surface area contributed by atoms with Gasteiger partial charge in [-0.15, -0.1) is 0 Å². The average Bonchev–Trinajstić information content (AvgIpc) is 3.30. The number of carbonyl (C=O) groups excluding carboxylic acids is 1. The molecule has 3 aromatic rings. The Balaban J connectivity index is 1.51. The Morgan fingerprint density at radius 3 is 2.84 bits per heavy atom. The zero-order valence-electron chi connectivity index (χ0n) is 13.8. The lowest BCUT2D eigenvalue weighted by molar-refractivity contribution is 0.0945. The Kier molecular flexibility index (Phi) is 5.27. The Morgan fingerprint density at radius 2 is 2.08 bits per heavy atom. The lowest BCUT2D eigenvalue weighted by Gasteiger charge is -2.09. The van der Waals surface area contributed by atoms with Crippen molar-refractivity contribution in [2.24, 2.45) is 0 Å². The summed E-state index contributed by atoms with van der Waals surface area (Å²) in [7, 11) is 0. The van der Waals surface area contributed by atoms with E-state index in [1.54, 1.807) is 18.3 Å². The number of aromatic amines is 1. The van der Waals surface area contributed by atoms with Crippen molar-refractivity contribution < 1.29 is 4.79 Å². The first-order chi connectivity index (χ1) is 12.3. The summed E-state index contributed by atoms with van der Waals surface area (Å²) in [6.07, 6.45) is 5.68. The maximum absolute atomic E-state index is 12.1. The first-order valence-electron chi connectivity index (χ1n) is 8.17. The number of aromatic nitrogens is 3. The summed E-state index contributed by atoms with van der Waals surface area (Å²) < 4.78 is 2.05. The molecule has 0 aliphatic carbocycles. The molecule has 126 valence electrons. The predicted molar refractivity (Wildman–Crippen MR) is 93.7 cm³/mol. The normalized spacial score (nSPS) is 10.4. The maximum Gasteiger partial charge on any atom is 0.268 e. The third-order valence-electron chi connectivity index (χ3n) is 3.97. The van der Waals surface area contributed by atoms with Crippen molar-refractivity contribution in [3.8, 4) is 6.07 Å². The van der Waals surface area contributed by atoms with Gasteiger partial charge in [0.05, 0.1) is 6.54 Å². The fourth-order valence-electron chi connectivity index (χ4n) is 2.66. The van der Waals surface area contributed by atoms with E-state index in [4.69, 9.17) is 5.26 Å². The van der Waals surface area contributed by atoms with Crippen molar-refractivity contribution in [1.29, 1.82) is 5.26 Å². The molecule has 0 aliphatic rings. The van der Waals surface area contributed by atoms with Crippen LogP contribution in [0.4, 0.5) is 0 Å². The van der Waals surface area contributed by atoms with Gasteiger partial charge in [-0.25, -0.2) is 4.98 Å². The molecule has 0 radical (unpaired) electrons. The SMILES string of the molecule is N#Cc1ccc(C(=O)NCc2nccn2CCCc2ccccc2)[nH]1. The minimum atomic E-state index is -0.250. The fourth-order valence-corrected chi connectivity index (χ4v) is 2.66. The van der Waals surface area contributed by atoms with Gasteiger partial charge in [-0.2, -0.15) is 5.26 Å². The summed E-state index contributed by atoms with van der Waals surface area (Å²) in [6.45, 7) is 1.19. The molecule has 1 amide bonds. The van der Waals surface area contributed by atoms with E-state index in [1.165, 1.54) is 5.56 Å². The second-order valence-electron chi connectivity index (χ2n) is 5.71. The van der Waals surface area contributed by atoms with Crippen molar-refractivity contribution in [2.75, 3.05) is 0 Å². The Hall–Kier alpha value is -3.33. The number of nitriles is 1. The van der Waals surface area contributed by atoms with Crippen LogP contribution in [0.15, 0.2) is 54.9 Å². The Morgan fingerprint density at radius 1 is 1.24 bits per heavy atom. The lowest BCUT2D eigenvalue weighted by Crippen LogP contribution is -2.25. The van der Waals surface area contributed by atoms with Crippen LogP contribution < -0.4 is 5.32 Å². The second kappa shape index (κ2) is 7.97. The molecule has 25 heavy (non-hydrogen) atoms. The molecule has 6 heteroatoms. The van der Waals surface area contributed by atoms with Crippen LogP contribution in [0.1, 0.15) is 34.0 Å². The molecule has 0 aliphatic heterocycles. The molecule has 2 N–H and O–H groups in total. The van der Waals surface area contributed by atoms with Gasteiger partial charge >= 0.3 is 0 Å². The monoisotopic (exact) mass is 333 g/mol. The quantitative estimate of drug-likeness (QED) is 0.697. The summed E-state index contributed by atoms with van der Waals surface area (Å²) in [5.74, 6) is 0.564. The van der Waals surface area contributed by atoms with Gasteiger partial charge < -0.3 is 14.9 Å². The van der Waals surface area contributed by atoms with Crippen molar-refractivity contribution in [2.45, 2.75) is 25.9 Å². The molecule has 2 heterocycles. The van der Waals surface area contributed by atoms with E-state index in [1.807, 2.05) is 30.5 Å². The molecule has 0 saturated heterocycles. The van der Waals surface area contributed by atoms with E-state index in [0.717, 1.165) is 25.2 Å². The number of rotatable bonds is 7. The highest BCUT2D eigenvalue weighted by atomic mass is 16.1. The molecule has 0 unspecified atom stereocenters. The second-order valence-corrected chi connectivity index (χ2v) is 5.71. The highest BCUT2D eigenvalue weighted by Gasteiger charge is 2.10. The molecule has 0 spiro atoms. The first-order valence-corrected chi connectivity index (χ1v) is 8.17. The number of carbonyl (C=O) groups is 1. The Bertz CT molecular complexity index is 873. The number of nitrogens with zero attached hydrogens (tertiary/aromatic N) is 3. The van der Waals surface area contributed by atoms with Gasteiger partial charge in [0.2, 0.25) is 0 Å². The molecule has 3 rings (SSSR count). The van der Waals surface area contributed by atoms with E-state index >= 15 is 0 Å². The number of benzene rings is 1. The van der Waals surface area contributed by atoms with Gasteiger partial charge in [0.15, 0.2) is 0 Å². The minimum Gasteiger partial charge on any atom is -0.344 e. The molecule has 0 bridgehead atoms. The van der Waals surface area contributed by atoms with Crippen molar-refractivity contribution in [3.63, 3.8) is 0 Å². The number of H-pyrrole nitrogens is 1. The van der Waals surface area contributed by atoms with E-state index in [-0.39, 0.29) is 5.91 Å². The zero-order chi connectivity index (χ0) is 17.5.